The van der Waals surface area contributed by atoms with Crippen LogP contribution in [-0.2, 0) is 11.2 Å². The molecule has 0 aliphatic heterocycles. The molecule has 1 aliphatic rings. The zero-order valence-corrected chi connectivity index (χ0v) is 10.4. The Morgan fingerprint density at radius 3 is 3.05 bits per heavy atom. The van der Waals surface area contributed by atoms with E-state index in [1.54, 1.807) is 12.1 Å². The van der Waals surface area contributed by atoms with Crippen LogP contribution in [0.4, 0.5) is 5.82 Å². The van der Waals surface area contributed by atoms with E-state index < -0.39 is 11.9 Å². The van der Waals surface area contributed by atoms with Crippen LogP contribution >= 0.6 is 0 Å². The van der Waals surface area contributed by atoms with Crippen molar-refractivity contribution < 1.29 is 9.90 Å². The summed E-state index contributed by atoms with van der Waals surface area (Å²) < 4.78 is 0. The molecule has 2 rings (SSSR count). The number of hydrogen-bond donors (Lipinski definition) is 2. The van der Waals surface area contributed by atoms with Crippen LogP contribution in [0.15, 0.2) is 22.3 Å². The third-order valence-electron chi connectivity index (χ3n) is 3.14. The third-order valence-corrected chi connectivity index (χ3v) is 3.14. The highest BCUT2D eigenvalue weighted by atomic mass is 16.4. The lowest BCUT2D eigenvalue weighted by Gasteiger charge is -2.22. The van der Waals surface area contributed by atoms with E-state index in [2.05, 4.69) is 21.9 Å². The number of carboxylic acids is 1. The van der Waals surface area contributed by atoms with Crippen molar-refractivity contribution in [3.05, 3.63) is 23.4 Å². The van der Waals surface area contributed by atoms with Gasteiger partial charge >= 0.3 is 5.97 Å². The largest absolute Gasteiger partial charge is 0.481 e. The van der Waals surface area contributed by atoms with Crippen LogP contribution in [0, 0.1) is 0 Å². The van der Waals surface area contributed by atoms with Crippen molar-refractivity contribution in [2.24, 2.45) is 16.0 Å². The molecular weight excluding hydrogens is 246 g/mol. The molecule has 0 saturated heterocycles. The van der Waals surface area contributed by atoms with E-state index in [-0.39, 0.29) is 0 Å². The molecule has 1 unspecified atom stereocenters. The molecule has 1 aliphatic carbocycles. The summed E-state index contributed by atoms with van der Waals surface area (Å²) in [6, 6.07) is 3.47. The molecule has 7 nitrogen and oxygen atoms in total. The van der Waals surface area contributed by atoms with Crippen LogP contribution in [0.25, 0.3) is 0 Å². The first kappa shape index (κ1) is 13.0. The minimum absolute atomic E-state index is 0.474. The molecule has 1 heterocycles. The number of aryl methyl sites for hydroxylation is 1. The van der Waals surface area contributed by atoms with Gasteiger partial charge in [0.1, 0.15) is 6.34 Å². The molecule has 0 aromatic carbocycles. The molecule has 0 spiro atoms. The lowest BCUT2D eigenvalue weighted by atomic mass is 9.86. The van der Waals surface area contributed by atoms with Crippen LogP contribution in [0.1, 0.15) is 30.0 Å². The van der Waals surface area contributed by atoms with E-state index >= 15 is 0 Å². The van der Waals surface area contributed by atoms with Crippen molar-refractivity contribution in [1.29, 1.82) is 0 Å². The van der Waals surface area contributed by atoms with E-state index in [0.717, 1.165) is 24.1 Å². The van der Waals surface area contributed by atoms with Gasteiger partial charge in [0.15, 0.2) is 5.82 Å². The Hall–Kier alpha value is -2.44. The first-order chi connectivity index (χ1) is 9.17. The Balaban J connectivity index is 2.38. The maximum atomic E-state index is 11.2. The predicted octanol–water partition coefficient (Wildman–Crippen LogP) is 0.910. The van der Waals surface area contributed by atoms with Gasteiger partial charge in [-0.3, -0.25) is 4.79 Å². The van der Waals surface area contributed by atoms with Gasteiger partial charge in [-0.05, 0) is 30.9 Å². The Morgan fingerprint density at radius 2 is 2.42 bits per heavy atom. The molecule has 0 bridgehead atoms. The zero-order chi connectivity index (χ0) is 13.8. The number of nitrogens with zero attached hydrogens (tertiary/aromatic N) is 4. The smallest absolute Gasteiger partial charge is 0.311 e. The van der Waals surface area contributed by atoms with E-state index in [0.29, 0.717) is 12.2 Å². The lowest BCUT2D eigenvalue weighted by molar-refractivity contribution is -0.139. The molecular formula is C12H15N5O2. The number of hydrogen-bond acceptors (Lipinski definition) is 5. The normalized spacial score (nSPS) is 18.0. The summed E-state index contributed by atoms with van der Waals surface area (Å²) in [5.41, 5.74) is 1.56. The molecule has 0 amide bonds. The number of anilines is 1. The van der Waals surface area contributed by atoms with E-state index in [1.165, 1.54) is 11.3 Å². The first-order valence-electron chi connectivity index (χ1n) is 5.89. The van der Waals surface area contributed by atoms with Gasteiger partial charge in [0.25, 0.3) is 0 Å². The van der Waals surface area contributed by atoms with Gasteiger partial charge in [0.2, 0.25) is 0 Å². The summed E-state index contributed by atoms with van der Waals surface area (Å²) >= 11 is 0. The number of aliphatic carboxylic acids is 1. The Kier molecular flexibility index (Phi) is 3.74. The van der Waals surface area contributed by atoms with Gasteiger partial charge in [-0.2, -0.15) is 10.2 Å². The quantitative estimate of drug-likeness (QED) is 0.363. The Labute approximate surface area is 110 Å². The minimum atomic E-state index is -0.808. The van der Waals surface area contributed by atoms with Gasteiger partial charge < -0.3 is 10.9 Å². The molecule has 0 fully saturated rings. The summed E-state index contributed by atoms with van der Waals surface area (Å²) in [6.45, 7) is 3.41. The van der Waals surface area contributed by atoms with Crippen molar-refractivity contribution in [2.45, 2.75) is 25.2 Å². The van der Waals surface area contributed by atoms with Crippen LogP contribution in [-0.4, -0.2) is 29.1 Å². The maximum absolute atomic E-state index is 11.2. The van der Waals surface area contributed by atoms with Crippen molar-refractivity contribution in [1.82, 2.24) is 4.98 Å². The van der Waals surface area contributed by atoms with E-state index in [4.69, 9.17) is 5.84 Å². The fourth-order valence-electron chi connectivity index (χ4n) is 2.26. The number of carboxylic acid groups (broad SMARTS) is 1. The number of aromatic nitrogens is 1. The highest BCUT2D eigenvalue weighted by Gasteiger charge is 2.27. The summed E-state index contributed by atoms with van der Waals surface area (Å²) in [5.74, 6) is 4.32. The van der Waals surface area contributed by atoms with Crippen LogP contribution in [0.3, 0.4) is 0 Å². The maximum Gasteiger partial charge on any atom is 0.311 e. The Morgan fingerprint density at radius 1 is 1.63 bits per heavy atom. The summed E-state index contributed by atoms with van der Waals surface area (Å²) in [7, 11) is 0. The number of hydrazone groups is 2. The van der Waals surface area contributed by atoms with Crippen LogP contribution in [0.5, 0.6) is 0 Å². The lowest BCUT2D eigenvalue weighted by Crippen LogP contribution is -2.21. The van der Waals surface area contributed by atoms with Gasteiger partial charge in [-0.15, -0.1) is 0 Å². The molecule has 0 saturated carbocycles. The van der Waals surface area contributed by atoms with Crippen LogP contribution in [0.2, 0.25) is 0 Å². The fourth-order valence-corrected chi connectivity index (χ4v) is 2.26. The number of fused-ring (bicyclic) bond motifs is 1. The monoisotopic (exact) mass is 261 g/mol. The second-order valence-electron chi connectivity index (χ2n) is 4.24. The van der Waals surface area contributed by atoms with Gasteiger partial charge in [-0.1, -0.05) is 6.07 Å². The number of carbonyl (C=O) groups is 1. The molecule has 7 heteroatoms. The number of nitrogens with two attached hydrogens (primary N) is 1. The molecule has 1 aromatic heterocycles. The van der Waals surface area contributed by atoms with E-state index in [9.17, 15) is 9.90 Å². The van der Waals surface area contributed by atoms with Crippen molar-refractivity contribution in [3.63, 3.8) is 0 Å². The predicted molar refractivity (Wildman–Crippen MR) is 72.3 cm³/mol. The summed E-state index contributed by atoms with van der Waals surface area (Å²) in [4.78, 5) is 15.6. The van der Waals surface area contributed by atoms with Crippen molar-refractivity contribution in [3.8, 4) is 0 Å². The topological polar surface area (TPSA) is 104 Å². The second kappa shape index (κ2) is 5.47. The second-order valence-corrected chi connectivity index (χ2v) is 4.24. The van der Waals surface area contributed by atoms with Gasteiger partial charge in [-0.25, -0.2) is 9.99 Å². The van der Waals surface area contributed by atoms with Gasteiger partial charge in [0.05, 0.1) is 5.92 Å². The standard InChI is InChI=1S/C12H15N5O2/c1-14-17(7-15-13)11-6-5-8-9(12(18)19)3-2-4-10(8)16-11/h5-7,9H,1-4,13H2,(H,18,19)/b15-7-. The fraction of sp³-hybridized carbons (Fsp3) is 0.333. The average Bonchev–Trinajstić information content (AvgIpc) is 2.43. The van der Waals surface area contributed by atoms with Crippen molar-refractivity contribution >= 4 is 24.8 Å². The van der Waals surface area contributed by atoms with Crippen LogP contribution < -0.4 is 10.9 Å². The molecule has 3 N–H and O–H groups in total. The highest BCUT2D eigenvalue weighted by molar-refractivity contribution is 5.79. The summed E-state index contributed by atoms with van der Waals surface area (Å²) in [5, 5.41) is 17.6. The molecule has 0 radical (unpaired) electrons. The molecule has 100 valence electrons. The first-order valence-corrected chi connectivity index (χ1v) is 5.89. The Bertz CT molecular complexity index is 529. The molecule has 1 aromatic rings. The van der Waals surface area contributed by atoms with Gasteiger partial charge in [0, 0.05) is 12.4 Å². The number of rotatable bonds is 4. The van der Waals surface area contributed by atoms with Crippen molar-refractivity contribution in [2.75, 3.05) is 5.01 Å². The van der Waals surface area contributed by atoms with E-state index in [1.807, 2.05) is 0 Å². The zero-order valence-electron chi connectivity index (χ0n) is 10.4. The highest BCUT2D eigenvalue weighted by Crippen LogP contribution is 2.32. The third kappa shape index (κ3) is 2.54. The SMILES string of the molecule is C=NN(/C=N\N)c1ccc2c(n1)CCCC2C(=O)O. The molecule has 19 heavy (non-hydrogen) atoms. The molecule has 1 atom stereocenters. The minimum Gasteiger partial charge on any atom is -0.481 e. The summed E-state index contributed by atoms with van der Waals surface area (Å²) in [6.07, 6.45) is 3.51. The number of pyridine rings is 1. The average molecular weight is 261 g/mol.